The maximum atomic E-state index is 9.62. The van der Waals surface area contributed by atoms with Crippen molar-refractivity contribution in [3.8, 4) is 28.7 Å². The molecule has 2 aromatic carbocycles. The van der Waals surface area contributed by atoms with E-state index in [0.29, 0.717) is 11.1 Å². The van der Waals surface area contributed by atoms with Crippen LogP contribution in [0.5, 0.6) is 28.7 Å². The highest BCUT2D eigenvalue weighted by Crippen LogP contribution is 2.34. The normalized spacial score (nSPS) is 10.4. The third kappa shape index (κ3) is 2.24. The van der Waals surface area contributed by atoms with Crippen LogP contribution in [-0.4, -0.2) is 25.5 Å². The first-order valence-electron chi connectivity index (χ1n) is 5.22. The van der Waals surface area contributed by atoms with Gasteiger partial charge < -0.3 is 25.5 Å². The lowest BCUT2D eigenvalue weighted by Crippen LogP contribution is -1.90. The summed E-state index contributed by atoms with van der Waals surface area (Å²) in [5.74, 6) is -1.11. The average molecular weight is 248 g/mol. The van der Waals surface area contributed by atoms with E-state index in [1.54, 1.807) is 0 Å². The fraction of sp³-hybridized carbons (Fsp3) is 0.0769. The van der Waals surface area contributed by atoms with E-state index in [-0.39, 0.29) is 29.4 Å². The quantitative estimate of drug-likeness (QED) is 0.412. The van der Waals surface area contributed by atoms with Crippen molar-refractivity contribution in [3.05, 3.63) is 41.5 Å². The Hall–Kier alpha value is -2.56. The van der Waals surface area contributed by atoms with Gasteiger partial charge in [-0.15, -0.1) is 0 Å². The first-order valence-corrected chi connectivity index (χ1v) is 5.22. The van der Waals surface area contributed by atoms with Gasteiger partial charge >= 0.3 is 0 Å². The third-order valence-electron chi connectivity index (χ3n) is 2.63. The maximum absolute atomic E-state index is 9.62. The van der Waals surface area contributed by atoms with Crippen molar-refractivity contribution in [2.45, 2.75) is 6.42 Å². The smallest absolute Gasteiger partial charge is 0.161 e. The third-order valence-corrected chi connectivity index (χ3v) is 2.63. The van der Waals surface area contributed by atoms with Crippen molar-refractivity contribution in [1.29, 1.82) is 0 Å². The molecule has 0 aromatic heterocycles. The van der Waals surface area contributed by atoms with Gasteiger partial charge in [-0.3, -0.25) is 0 Å². The van der Waals surface area contributed by atoms with Gasteiger partial charge in [-0.05, 0) is 17.7 Å². The van der Waals surface area contributed by atoms with Crippen LogP contribution in [-0.2, 0) is 6.42 Å². The van der Waals surface area contributed by atoms with Gasteiger partial charge in [-0.1, -0.05) is 6.07 Å². The highest BCUT2D eigenvalue weighted by Gasteiger charge is 2.11. The Morgan fingerprint density at radius 2 is 1.22 bits per heavy atom. The van der Waals surface area contributed by atoms with Crippen molar-refractivity contribution in [2.24, 2.45) is 0 Å². The van der Waals surface area contributed by atoms with E-state index in [1.165, 1.54) is 24.3 Å². The fourth-order valence-corrected chi connectivity index (χ4v) is 1.66. The van der Waals surface area contributed by atoms with Crippen LogP contribution < -0.4 is 0 Å². The second kappa shape index (κ2) is 4.37. The molecule has 0 heterocycles. The molecule has 5 nitrogen and oxygen atoms in total. The average Bonchev–Trinajstić information content (AvgIpc) is 2.29. The molecule has 2 aromatic rings. The predicted octanol–water partition coefficient (Wildman–Crippen LogP) is 1.81. The molecule has 0 saturated carbocycles. The van der Waals surface area contributed by atoms with Gasteiger partial charge in [0.1, 0.15) is 17.2 Å². The lowest BCUT2D eigenvalue weighted by Gasteiger charge is -2.08. The minimum Gasteiger partial charge on any atom is -0.508 e. The molecule has 0 unspecified atom stereocenters. The molecule has 0 aliphatic rings. The van der Waals surface area contributed by atoms with Crippen LogP contribution in [0.3, 0.4) is 0 Å². The van der Waals surface area contributed by atoms with Gasteiger partial charge in [0.25, 0.3) is 0 Å². The lowest BCUT2D eigenvalue weighted by atomic mass is 10.0. The van der Waals surface area contributed by atoms with E-state index >= 15 is 0 Å². The summed E-state index contributed by atoms with van der Waals surface area (Å²) in [6.07, 6.45) is 0.159. The molecule has 0 aliphatic carbocycles. The largest absolute Gasteiger partial charge is 0.508 e. The number of phenolic OH excluding ortho intramolecular Hbond substituents is 5. The molecule has 5 N–H and O–H groups in total. The Morgan fingerprint density at radius 3 is 1.89 bits per heavy atom. The summed E-state index contributed by atoms with van der Waals surface area (Å²) in [5.41, 5.74) is 0.833. The van der Waals surface area contributed by atoms with Gasteiger partial charge in [-0.25, -0.2) is 0 Å². The molecule has 2 rings (SSSR count). The topological polar surface area (TPSA) is 101 Å². The van der Waals surface area contributed by atoms with Crippen molar-refractivity contribution in [1.82, 2.24) is 0 Å². The van der Waals surface area contributed by atoms with E-state index in [1.807, 2.05) is 0 Å². The Labute approximate surface area is 103 Å². The van der Waals surface area contributed by atoms with Crippen LogP contribution in [0.4, 0.5) is 0 Å². The molecule has 0 atom stereocenters. The number of benzene rings is 2. The zero-order valence-electron chi connectivity index (χ0n) is 9.33. The van der Waals surface area contributed by atoms with Crippen LogP contribution >= 0.6 is 0 Å². The van der Waals surface area contributed by atoms with Crippen molar-refractivity contribution in [2.75, 3.05) is 0 Å². The number of rotatable bonds is 2. The fourth-order valence-electron chi connectivity index (χ4n) is 1.66. The summed E-state index contributed by atoms with van der Waals surface area (Å²) < 4.78 is 0. The Morgan fingerprint density at radius 1 is 0.611 bits per heavy atom. The minimum atomic E-state index is -0.411. The van der Waals surface area contributed by atoms with Crippen LogP contribution in [0, 0.1) is 0 Å². The second-order valence-electron chi connectivity index (χ2n) is 3.96. The summed E-state index contributed by atoms with van der Waals surface area (Å²) in [7, 11) is 0. The molecule has 0 fully saturated rings. The highest BCUT2D eigenvalue weighted by atomic mass is 16.3. The number of phenols is 5. The second-order valence-corrected chi connectivity index (χ2v) is 3.96. The van der Waals surface area contributed by atoms with E-state index < -0.39 is 5.75 Å². The van der Waals surface area contributed by atoms with E-state index in [0.717, 1.165) is 6.07 Å². The monoisotopic (exact) mass is 248 g/mol. The van der Waals surface area contributed by atoms with Gasteiger partial charge in [0.05, 0.1) is 0 Å². The Balaban J connectivity index is 2.37. The molecule has 0 saturated heterocycles. The summed E-state index contributed by atoms with van der Waals surface area (Å²) in [6, 6.07) is 6.35. The Kier molecular flexibility index (Phi) is 2.89. The predicted molar refractivity (Wildman–Crippen MR) is 64.0 cm³/mol. The molecule has 0 amide bonds. The van der Waals surface area contributed by atoms with Crippen LogP contribution in [0.15, 0.2) is 30.3 Å². The summed E-state index contributed by atoms with van der Waals surface area (Å²) in [6.45, 7) is 0. The van der Waals surface area contributed by atoms with Crippen LogP contribution in [0.1, 0.15) is 11.1 Å². The number of hydrogen-bond acceptors (Lipinski definition) is 5. The summed E-state index contributed by atoms with van der Waals surface area (Å²) >= 11 is 0. The molecule has 0 spiro atoms. The summed E-state index contributed by atoms with van der Waals surface area (Å²) in [4.78, 5) is 0. The molecule has 5 heteroatoms. The molecule has 94 valence electrons. The zero-order valence-corrected chi connectivity index (χ0v) is 9.33. The van der Waals surface area contributed by atoms with Gasteiger partial charge in [0.2, 0.25) is 0 Å². The van der Waals surface area contributed by atoms with E-state index in [4.69, 9.17) is 5.11 Å². The standard InChI is InChI=1S/C13H12O5/c14-9-2-1-7(10(15)5-9)3-8-4-12(17)13(18)6-11(8)16/h1-2,4-6,14-18H,3H2. The first-order chi connectivity index (χ1) is 8.47. The molecule has 0 bridgehead atoms. The SMILES string of the molecule is Oc1ccc(Cc2cc(O)c(O)cc2O)c(O)c1. The minimum absolute atomic E-state index is 0.0611. The molecule has 0 radical (unpaired) electrons. The molecular formula is C13H12O5. The molecule has 0 aliphatic heterocycles. The van der Waals surface area contributed by atoms with Crippen molar-refractivity contribution >= 4 is 0 Å². The van der Waals surface area contributed by atoms with E-state index in [2.05, 4.69) is 0 Å². The van der Waals surface area contributed by atoms with E-state index in [9.17, 15) is 20.4 Å². The number of hydrogen-bond donors (Lipinski definition) is 5. The zero-order chi connectivity index (χ0) is 13.3. The lowest BCUT2D eigenvalue weighted by molar-refractivity contribution is 0.394. The van der Waals surface area contributed by atoms with Gasteiger partial charge in [0.15, 0.2) is 11.5 Å². The van der Waals surface area contributed by atoms with Crippen molar-refractivity contribution < 1.29 is 25.5 Å². The van der Waals surface area contributed by atoms with Crippen molar-refractivity contribution in [3.63, 3.8) is 0 Å². The number of aromatic hydroxyl groups is 5. The van der Waals surface area contributed by atoms with Gasteiger partial charge in [-0.2, -0.15) is 0 Å². The maximum Gasteiger partial charge on any atom is 0.161 e. The van der Waals surface area contributed by atoms with Gasteiger partial charge in [0, 0.05) is 24.1 Å². The Bertz CT molecular complexity index is 592. The molecular weight excluding hydrogens is 236 g/mol. The van der Waals surface area contributed by atoms with Crippen LogP contribution in [0.25, 0.3) is 0 Å². The molecule has 18 heavy (non-hydrogen) atoms. The first kappa shape index (κ1) is 11.9. The van der Waals surface area contributed by atoms with Crippen LogP contribution in [0.2, 0.25) is 0 Å². The summed E-state index contributed by atoms with van der Waals surface area (Å²) in [5, 5.41) is 46.9. The highest BCUT2D eigenvalue weighted by molar-refractivity contribution is 5.51.